The molecular weight excluding hydrogens is 258 g/mol. The predicted octanol–water partition coefficient (Wildman–Crippen LogP) is 2.18. The molecule has 2 unspecified atom stereocenters. The van der Waals surface area contributed by atoms with Crippen molar-refractivity contribution in [3.8, 4) is 0 Å². The van der Waals surface area contributed by atoms with Crippen molar-refractivity contribution in [2.75, 3.05) is 12.3 Å². The lowest BCUT2D eigenvalue weighted by Gasteiger charge is -2.16. The maximum absolute atomic E-state index is 12.0. The van der Waals surface area contributed by atoms with E-state index >= 15 is 0 Å². The summed E-state index contributed by atoms with van der Waals surface area (Å²) in [5, 5.41) is 3.69. The fourth-order valence-electron chi connectivity index (χ4n) is 2.01. The van der Waals surface area contributed by atoms with Gasteiger partial charge in [-0.25, -0.2) is 8.42 Å². The van der Waals surface area contributed by atoms with Gasteiger partial charge in [0.05, 0.1) is 11.0 Å². The first-order valence-corrected chi connectivity index (χ1v) is 7.79. The predicted molar refractivity (Wildman–Crippen MR) is 70.1 cm³/mol. The molecule has 0 spiro atoms. The number of benzene rings is 1. The van der Waals surface area contributed by atoms with Crippen molar-refractivity contribution in [3.05, 3.63) is 34.9 Å². The zero-order chi connectivity index (χ0) is 12.5. The van der Waals surface area contributed by atoms with E-state index in [9.17, 15) is 8.42 Å². The van der Waals surface area contributed by atoms with Crippen LogP contribution in [0, 0.1) is 0 Å². The average Bonchev–Trinajstić information content (AvgIpc) is 2.40. The van der Waals surface area contributed by atoms with E-state index in [4.69, 9.17) is 11.6 Å². The van der Waals surface area contributed by atoms with Gasteiger partial charge in [0.2, 0.25) is 0 Å². The molecule has 1 saturated heterocycles. The summed E-state index contributed by atoms with van der Waals surface area (Å²) in [6.07, 6.45) is 0.673. The van der Waals surface area contributed by atoms with Crippen LogP contribution in [0.2, 0.25) is 5.02 Å². The van der Waals surface area contributed by atoms with Crippen LogP contribution in [0.15, 0.2) is 24.3 Å². The van der Waals surface area contributed by atoms with Crippen LogP contribution in [0.3, 0.4) is 0 Å². The highest BCUT2D eigenvalue weighted by Crippen LogP contribution is 2.23. The number of hydrogen-bond acceptors (Lipinski definition) is 3. The first-order valence-electron chi connectivity index (χ1n) is 5.69. The lowest BCUT2D eigenvalue weighted by molar-refractivity contribution is 0.572. The normalized spacial score (nSPS) is 28.6. The number of sulfone groups is 1. The van der Waals surface area contributed by atoms with Crippen molar-refractivity contribution >= 4 is 21.4 Å². The van der Waals surface area contributed by atoms with Gasteiger partial charge in [-0.15, -0.1) is 0 Å². The van der Waals surface area contributed by atoms with E-state index < -0.39 is 9.84 Å². The Balaban J connectivity index is 2.24. The molecule has 94 valence electrons. The molecule has 5 heteroatoms. The minimum Gasteiger partial charge on any atom is -0.309 e. The first kappa shape index (κ1) is 12.9. The summed E-state index contributed by atoms with van der Waals surface area (Å²) >= 11 is 5.82. The topological polar surface area (TPSA) is 46.2 Å². The van der Waals surface area contributed by atoms with Crippen molar-refractivity contribution in [1.29, 1.82) is 0 Å². The lowest BCUT2D eigenvalue weighted by Crippen LogP contribution is -2.26. The first-order chi connectivity index (χ1) is 7.99. The molecule has 1 aromatic rings. The van der Waals surface area contributed by atoms with Gasteiger partial charge in [-0.2, -0.15) is 0 Å². The van der Waals surface area contributed by atoms with Crippen LogP contribution in [0.5, 0.6) is 0 Å². The molecule has 0 bridgehead atoms. The Morgan fingerprint density at radius 2 is 1.94 bits per heavy atom. The number of rotatable bonds is 1. The second-order valence-corrected chi connectivity index (χ2v) is 7.39. The quantitative estimate of drug-likeness (QED) is 0.853. The largest absolute Gasteiger partial charge is 0.309 e. The van der Waals surface area contributed by atoms with Crippen molar-refractivity contribution in [3.63, 3.8) is 0 Å². The maximum atomic E-state index is 12.0. The zero-order valence-corrected chi connectivity index (χ0v) is 11.3. The summed E-state index contributed by atoms with van der Waals surface area (Å²) in [5.41, 5.74) is 0.979. The van der Waals surface area contributed by atoms with Gasteiger partial charge >= 0.3 is 0 Å². The van der Waals surface area contributed by atoms with Crippen LogP contribution < -0.4 is 5.32 Å². The van der Waals surface area contributed by atoms with E-state index in [2.05, 4.69) is 5.32 Å². The van der Waals surface area contributed by atoms with E-state index in [1.165, 1.54) is 0 Å². The Morgan fingerprint density at radius 1 is 1.29 bits per heavy atom. The fraction of sp³-hybridized carbons (Fsp3) is 0.500. The highest BCUT2D eigenvalue weighted by atomic mass is 35.5. The van der Waals surface area contributed by atoms with Crippen molar-refractivity contribution in [1.82, 2.24) is 5.32 Å². The van der Waals surface area contributed by atoms with E-state index in [1.807, 2.05) is 12.1 Å². The van der Waals surface area contributed by atoms with Crippen molar-refractivity contribution in [2.24, 2.45) is 0 Å². The summed E-state index contributed by atoms with van der Waals surface area (Å²) in [5.74, 6) is 0.162. The van der Waals surface area contributed by atoms with Gasteiger partial charge in [0.1, 0.15) is 0 Å². The number of hydrogen-bond donors (Lipinski definition) is 1. The van der Waals surface area contributed by atoms with Gasteiger partial charge in [-0.1, -0.05) is 23.7 Å². The molecule has 0 radical (unpaired) electrons. The third kappa shape index (κ3) is 3.00. The molecule has 1 heterocycles. The van der Waals surface area contributed by atoms with Gasteiger partial charge in [-0.05, 0) is 37.6 Å². The maximum Gasteiger partial charge on any atom is 0.154 e. The molecule has 1 aromatic carbocycles. The SMILES string of the molecule is CC1CCNC(c2ccc(Cl)cc2)CS1(=O)=O. The molecule has 1 aliphatic rings. The summed E-state index contributed by atoms with van der Waals surface area (Å²) < 4.78 is 24.0. The molecule has 1 fully saturated rings. The molecular formula is C12H16ClNO2S. The molecule has 17 heavy (non-hydrogen) atoms. The van der Waals surface area contributed by atoms with Crippen molar-refractivity contribution < 1.29 is 8.42 Å². The van der Waals surface area contributed by atoms with E-state index in [-0.39, 0.29) is 17.0 Å². The second-order valence-electron chi connectivity index (χ2n) is 4.49. The van der Waals surface area contributed by atoms with E-state index in [1.54, 1.807) is 19.1 Å². The standard InChI is InChI=1S/C12H16ClNO2S/c1-9-6-7-14-12(8-17(9,15)16)10-2-4-11(13)5-3-10/h2-5,9,12,14H,6-8H2,1H3. The Labute approximate surface area is 107 Å². The van der Waals surface area contributed by atoms with Crippen LogP contribution in [0.1, 0.15) is 24.9 Å². The smallest absolute Gasteiger partial charge is 0.154 e. The monoisotopic (exact) mass is 273 g/mol. The molecule has 2 atom stereocenters. The van der Waals surface area contributed by atoms with Crippen LogP contribution >= 0.6 is 11.6 Å². The van der Waals surface area contributed by atoms with Gasteiger partial charge in [0, 0.05) is 11.1 Å². The molecule has 0 amide bonds. The van der Waals surface area contributed by atoms with Gasteiger partial charge in [0.15, 0.2) is 9.84 Å². The number of nitrogens with one attached hydrogen (secondary N) is 1. The molecule has 2 rings (SSSR count). The van der Waals surface area contributed by atoms with E-state index in [0.717, 1.165) is 12.1 Å². The minimum atomic E-state index is -3.00. The lowest BCUT2D eigenvalue weighted by atomic mass is 10.1. The Hall–Kier alpha value is -0.580. The van der Waals surface area contributed by atoms with Crippen LogP contribution in [-0.4, -0.2) is 26.0 Å². The summed E-state index contributed by atoms with van der Waals surface area (Å²) in [6.45, 7) is 2.51. The van der Waals surface area contributed by atoms with Crippen LogP contribution in [0.4, 0.5) is 0 Å². The third-order valence-electron chi connectivity index (χ3n) is 3.23. The summed E-state index contributed by atoms with van der Waals surface area (Å²) in [4.78, 5) is 0. The molecule has 0 saturated carbocycles. The summed E-state index contributed by atoms with van der Waals surface area (Å²) in [7, 11) is -3.00. The number of halogens is 1. The average molecular weight is 274 g/mol. The molecule has 0 aliphatic carbocycles. The molecule has 0 aromatic heterocycles. The van der Waals surface area contributed by atoms with Crippen LogP contribution in [-0.2, 0) is 9.84 Å². The second kappa shape index (κ2) is 4.96. The molecule has 1 aliphatic heterocycles. The molecule has 1 N–H and O–H groups in total. The van der Waals surface area contributed by atoms with Gasteiger partial charge < -0.3 is 5.32 Å². The fourth-order valence-corrected chi connectivity index (χ4v) is 3.71. The van der Waals surface area contributed by atoms with Crippen molar-refractivity contribution in [2.45, 2.75) is 24.6 Å². The Bertz CT molecular complexity index is 484. The summed E-state index contributed by atoms with van der Waals surface area (Å²) in [6, 6.07) is 7.22. The minimum absolute atomic E-state index is 0.123. The van der Waals surface area contributed by atoms with E-state index in [0.29, 0.717) is 11.4 Å². The van der Waals surface area contributed by atoms with Gasteiger partial charge in [-0.3, -0.25) is 0 Å². The zero-order valence-electron chi connectivity index (χ0n) is 9.69. The highest BCUT2D eigenvalue weighted by Gasteiger charge is 2.29. The third-order valence-corrected chi connectivity index (χ3v) is 5.74. The highest BCUT2D eigenvalue weighted by molar-refractivity contribution is 7.92. The van der Waals surface area contributed by atoms with Crippen LogP contribution in [0.25, 0.3) is 0 Å². The Kier molecular flexibility index (Phi) is 3.76. The Morgan fingerprint density at radius 3 is 2.59 bits per heavy atom. The molecule has 3 nitrogen and oxygen atoms in total. The van der Waals surface area contributed by atoms with Gasteiger partial charge in [0.25, 0.3) is 0 Å².